The van der Waals surface area contributed by atoms with Crippen LogP contribution in [0, 0.1) is 0 Å². The molecule has 0 aromatic carbocycles. The molecule has 2 atom stereocenters. The Balaban J connectivity index is 2.43. The largest absolute Gasteiger partial charge is 0.358 e. The zero-order valence-corrected chi connectivity index (χ0v) is 11.2. The number of carbonyl (C=O) groups excluding carboxylic acids is 1. The maximum Gasteiger partial charge on any atom is 0.251 e. The molecule has 0 spiro atoms. The van der Waals surface area contributed by atoms with E-state index in [9.17, 15) is 9.90 Å². The van der Waals surface area contributed by atoms with Crippen LogP contribution in [-0.2, 0) is 4.79 Å². The Labute approximate surface area is 110 Å². The fourth-order valence-corrected chi connectivity index (χ4v) is 2.16. The molecular formula is C11H15ClN4O2. The second-order valence-electron chi connectivity index (χ2n) is 4.67. The average Bonchev–Trinajstić information content (AvgIpc) is 2.48. The Kier molecular flexibility index (Phi) is 3.04. The quantitative estimate of drug-likeness (QED) is 0.835. The average molecular weight is 271 g/mol. The van der Waals surface area contributed by atoms with Crippen LogP contribution in [0.25, 0.3) is 0 Å². The summed E-state index contributed by atoms with van der Waals surface area (Å²) in [4.78, 5) is 21.4. The van der Waals surface area contributed by atoms with Crippen LogP contribution in [0.4, 0.5) is 5.82 Å². The smallest absolute Gasteiger partial charge is 0.251 e. The number of rotatable bonds is 2. The fraction of sp³-hybridized carbons (Fsp3) is 0.545. The Morgan fingerprint density at radius 3 is 2.56 bits per heavy atom. The highest BCUT2D eigenvalue weighted by atomic mass is 35.5. The van der Waals surface area contributed by atoms with Crippen LogP contribution < -0.4 is 10.2 Å². The second kappa shape index (κ2) is 4.15. The summed E-state index contributed by atoms with van der Waals surface area (Å²) in [5, 5.41) is 13.4. The Morgan fingerprint density at radius 2 is 2.11 bits per heavy atom. The summed E-state index contributed by atoms with van der Waals surface area (Å²) in [5.41, 5.74) is -0.815. The molecule has 1 aliphatic rings. The molecule has 0 aliphatic carbocycles. The highest BCUT2D eigenvalue weighted by molar-refractivity contribution is 6.29. The van der Waals surface area contributed by atoms with Gasteiger partial charge >= 0.3 is 0 Å². The van der Waals surface area contributed by atoms with Gasteiger partial charge in [-0.2, -0.15) is 0 Å². The van der Waals surface area contributed by atoms with Gasteiger partial charge in [0.15, 0.2) is 5.82 Å². The lowest BCUT2D eigenvalue weighted by molar-refractivity contribution is -0.122. The molecule has 2 heterocycles. The van der Waals surface area contributed by atoms with Crippen LogP contribution in [0.3, 0.4) is 0 Å². The maximum absolute atomic E-state index is 12.4. The van der Waals surface area contributed by atoms with E-state index in [0.29, 0.717) is 6.42 Å². The zero-order chi connectivity index (χ0) is 13.6. The van der Waals surface area contributed by atoms with Crippen molar-refractivity contribution in [2.45, 2.75) is 38.6 Å². The van der Waals surface area contributed by atoms with Crippen LogP contribution in [0.15, 0.2) is 12.4 Å². The summed E-state index contributed by atoms with van der Waals surface area (Å²) in [6, 6.07) is 0. The van der Waals surface area contributed by atoms with Crippen molar-refractivity contribution >= 4 is 23.3 Å². The third kappa shape index (κ3) is 1.96. The van der Waals surface area contributed by atoms with Gasteiger partial charge in [-0.3, -0.25) is 15.0 Å². The van der Waals surface area contributed by atoms with Crippen LogP contribution >= 0.6 is 11.6 Å². The van der Waals surface area contributed by atoms with Gasteiger partial charge in [0.05, 0.1) is 17.9 Å². The molecule has 1 saturated heterocycles. The number of amides is 1. The van der Waals surface area contributed by atoms with E-state index < -0.39 is 11.4 Å². The number of aromatic nitrogens is 2. The lowest BCUT2D eigenvalue weighted by Crippen LogP contribution is -2.52. The van der Waals surface area contributed by atoms with Crippen molar-refractivity contribution in [3.63, 3.8) is 0 Å². The molecule has 98 valence electrons. The minimum Gasteiger partial charge on any atom is -0.358 e. The van der Waals surface area contributed by atoms with Crippen LogP contribution in [-0.4, -0.2) is 32.4 Å². The molecule has 1 amide bonds. The van der Waals surface area contributed by atoms with Crippen LogP contribution in [0.2, 0.25) is 5.15 Å². The summed E-state index contributed by atoms with van der Waals surface area (Å²) >= 11 is 5.65. The first-order valence-corrected chi connectivity index (χ1v) is 6.02. The Morgan fingerprint density at radius 1 is 1.44 bits per heavy atom. The molecule has 1 unspecified atom stereocenters. The van der Waals surface area contributed by atoms with Gasteiger partial charge in [0.25, 0.3) is 5.91 Å². The predicted molar refractivity (Wildman–Crippen MR) is 67.0 cm³/mol. The summed E-state index contributed by atoms with van der Waals surface area (Å²) in [6.45, 7) is 5.12. The normalized spacial score (nSPS) is 32.1. The molecule has 6 nitrogen and oxygen atoms in total. The van der Waals surface area contributed by atoms with E-state index in [-0.39, 0.29) is 16.9 Å². The molecule has 1 aromatic rings. The SMILES string of the molecule is CC[C@@]1(C)NC(C)(O)N(c2cnc(Cl)cn2)C1=O. The van der Waals surface area contributed by atoms with E-state index in [0.717, 1.165) is 0 Å². The van der Waals surface area contributed by atoms with Crippen molar-refractivity contribution in [1.82, 2.24) is 15.3 Å². The van der Waals surface area contributed by atoms with E-state index in [2.05, 4.69) is 15.3 Å². The number of halogens is 1. The standard InChI is InChI=1S/C11H15ClN4O2/c1-4-10(2)9(17)16(11(3,18)15-10)8-6-13-7(12)5-14-8/h5-6,15,18H,4H2,1-3H3/t10-,11?/m1/s1. The van der Waals surface area contributed by atoms with Crippen molar-refractivity contribution < 1.29 is 9.90 Å². The van der Waals surface area contributed by atoms with Gasteiger partial charge in [-0.05, 0) is 20.3 Å². The Bertz CT molecular complexity index is 476. The molecule has 1 fully saturated rings. The monoisotopic (exact) mass is 270 g/mol. The van der Waals surface area contributed by atoms with E-state index in [4.69, 9.17) is 11.6 Å². The van der Waals surface area contributed by atoms with Gasteiger partial charge in [-0.1, -0.05) is 18.5 Å². The van der Waals surface area contributed by atoms with Crippen LogP contribution in [0.5, 0.6) is 0 Å². The van der Waals surface area contributed by atoms with Crippen molar-refractivity contribution in [1.29, 1.82) is 0 Å². The van der Waals surface area contributed by atoms with Crippen molar-refractivity contribution in [2.75, 3.05) is 4.90 Å². The van der Waals surface area contributed by atoms with Crippen molar-refractivity contribution in [2.24, 2.45) is 0 Å². The van der Waals surface area contributed by atoms with Gasteiger partial charge in [-0.15, -0.1) is 0 Å². The molecule has 0 saturated carbocycles. The number of anilines is 1. The lowest BCUT2D eigenvalue weighted by Gasteiger charge is -2.28. The van der Waals surface area contributed by atoms with Gasteiger partial charge in [-0.25, -0.2) is 9.97 Å². The molecular weight excluding hydrogens is 256 g/mol. The third-order valence-electron chi connectivity index (χ3n) is 3.17. The molecule has 2 N–H and O–H groups in total. The number of nitrogens with zero attached hydrogens (tertiary/aromatic N) is 3. The van der Waals surface area contributed by atoms with Crippen molar-refractivity contribution in [3.05, 3.63) is 17.5 Å². The Hall–Kier alpha value is -1.24. The van der Waals surface area contributed by atoms with E-state index in [1.165, 1.54) is 24.2 Å². The zero-order valence-electron chi connectivity index (χ0n) is 10.4. The molecule has 2 rings (SSSR count). The van der Waals surface area contributed by atoms with Gasteiger partial charge in [0, 0.05) is 0 Å². The second-order valence-corrected chi connectivity index (χ2v) is 5.06. The minimum absolute atomic E-state index is 0.233. The topological polar surface area (TPSA) is 78.3 Å². The molecule has 0 radical (unpaired) electrons. The van der Waals surface area contributed by atoms with Crippen LogP contribution in [0.1, 0.15) is 27.2 Å². The van der Waals surface area contributed by atoms with Gasteiger partial charge in [0.1, 0.15) is 5.15 Å². The number of nitrogens with one attached hydrogen (secondary N) is 1. The highest BCUT2D eigenvalue weighted by Crippen LogP contribution is 2.32. The number of hydrogen-bond acceptors (Lipinski definition) is 5. The van der Waals surface area contributed by atoms with E-state index in [1.54, 1.807) is 6.92 Å². The maximum atomic E-state index is 12.4. The van der Waals surface area contributed by atoms with E-state index >= 15 is 0 Å². The number of aliphatic hydroxyl groups is 1. The van der Waals surface area contributed by atoms with Crippen molar-refractivity contribution in [3.8, 4) is 0 Å². The first-order valence-electron chi connectivity index (χ1n) is 5.64. The molecule has 18 heavy (non-hydrogen) atoms. The molecule has 0 bridgehead atoms. The van der Waals surface area contributed by atoms with Gasteiger partial charge in [0.2, 0.25) is 5.85 Å². The predicted octanol–water partition coefficient (Wildman–Crippen LogP) is 0.901. The molecule has 7 heteroatoms. The summed E-state index contributed by atoms with van der Waals surface area (Å²) in [6.07, 6.45) is 3.25. The molecule has 1 aromatic heterocycles. The number of carbonyl (C=O) groups is 1. The highest BCUT2D eigenvalue weighted by Gasteiger charge is 2.54. The fourth-order valence-electron chi connectivity index (χ4n) is 2.06. The van der Waals surface area contributed by atoms with Gasteiger partial charge < -0.3 is 5.11 Å². The first kappa shape index (κ1) is 13.2. The third-order valence-corrected chi connectivity index (χ3v) is 3.36. The number of hydrogen-bond donors (Lipinski definition) is 2. The summed E-state index contributed by atoms with van der Waals surface area (Å²) < 4.78 is 0. The van der Waals surface area contributed by atoms with E-state index in [1.807, 2.05) is 6.92 Å². The summed E-state index contributed by atoms with van der Waals surface area (Å²) in [5.74, 6) is -1.48. The lowest BCUT2D eigenvalue weighted by atomic mass is 9.99. The summed E-state index contributed by atoms with van der Waals surface area (Å²) in [7, 11) is 0. The molecule has 1 aliphatic heterocycles. The first-order chi connectivity index (χ1) is 8.30. The minimum atomic E-state index is -1.50.